The Morgan fingerprint density at radius 3 is 3.05 bits per heavy atom. The summed E-state index contributed by atoms with van der Waals surface area (Å²) in [4.78, 5) is 17.0. The van der Waals surface area contributed by atoms with Crippen molar-refractivity contribution in [3.05, 3.63) is 41.1 Å². The number of aromatic amines is 1. The summed E-state index contributed by atoms with van der Waals surface area (Å²) in [6, 6.07) is 3.32. The van der Waals surface area contributed by atoms with Crippen LogP contribution in [-0.4, -0.2) is 27.7 Å². The molecular formula is C12H11ClFN3O2. The molecule has 7 heteroatoms. The van der Waals surface area contributed by atoms with E-state index in [4.69, 9.17) is 16.7 Å². The summed E-state index contributed by atoms with van der Waals surface area (Å²) < 4.78 is 14.1. The van der Waals surface area contributed by atoms with Gasteiger partial charge in [-0.1, -0.05) is 11.6 Å². The molecule has 0 atom stereocenters. The summed E-state index contributed by atoms with van der Waals surface area (Å²) in [6.45, 7) is 0.143. The number of amides is 1. The van der Waals surface area contributed by atoms with Crippen LogP contribution >= 0.6 is 11.6 Å². The summed E-state index contributed by atoms with van der Waals surface area (Å²) in [6.07, 6.45) is 2.14. The molecule has 0 radical (unpaired) electrons. The van der Waals surface area contributed by atoms with Gasteiger partial charge in [-0.15, -0.1) is 0 Å². The fraction of sp³-hybridized carbons (Fsp3) is 0.167. The Hall–Kier alpha value is -2.08. The van der Waals surface area contributed by atoms with Gasteiger partial charge in [-0.3, -0.25) is 0 Å². The zero-order chi connectivity index (χ0) is 13.8. The number of halogens is 2. The lowest BCUT2D eigenvalue weighted by Gasteiger charge is -2.02. The largest absolute Gasteiger partial charge is 0.465 e. The Bertz CT molecular complexity index is 600. The highest BCUT2D eigenvalue weighted by Gasteiger charge is 2.15. The van der Waals surface area contributed by atoms with Crippen LogP contribution in [0.2, 0.25) is 5.15 Å². The number of H-pyrrole nitrogens is 1. The zero-order valence-electron chi connectivity index (χ0n) is 9.78. The number of hydrogen-bond donors (Lipinski definition) is 3. The number of carbonyl (C=O) groups is 1. The predicted octanol–water partition coefficient (Wildman–Crippen LogP) is 2.68. The van der Waals surface area contributed by atoms with Crippen LogP contribution in [-0.2, 0) is 6.42 Å². The number of aromatic nitrogens is 2. The molecule has 0 saturated carbocycles. The van der Waals surface area contributed by atoms with Gasteiger partial charge in [0.2, 0.25) is 0 Å². The van der Waals surface area contributed by atoms with Gasteiger partial charge < -0.3 is 15.4 Å². The van der Waals surface area contributed by atoms with Crippen LogP contribution in [0.1, 0.15) is 5.56 Å². The number of pyridine rings is 1. The van der Waals surface area contributed by atoms with E-state index in [0.29, 0.717) is 11.1 Å². The Morgan fingerprint density at radius 2 is 2.37 bits per heavy atom. The Labute approximate surface area is 113 Å². The van der Waals surface area contributed by atoms with Crippen molar-refractivity contribution < 1.29 is 14.3 Å². The molecule has 0 unspecified atom stereocenters. The van der Waals surface area contributed by atoms with Crippen molar-refractivity contribution in [2.45, 2.75) is 6.42 Å². The van der Waals surface area contributed by atoms with Crippen LogP contribution in [0, 0.1) is 5.82 Å². The zero-order valence-corrected chi connectivity index (χ0v) is 10.5. The number of carboxylic acid groups (broad SMARTS) is 1. The molecule has 2 rings (SSSR count). The minimum Gasteiger partial charge on any atom is -0.465 e. The SMILES string of the molecule is O=C(O)NCCc1c[nH]c(-c2cccnc2Cl)c1F. The number of rotatable bonds is 4. The van der Waals surface area contributed by atoms with E-state index < -0.39 is 11.9 Å². The molecule has 3 N–H and O–H groups in total. The summed E-state index contributed by atoms with van der Waals surface area (Å²) >= 11 is 5.90. The van der Waals surface area contributed by atoms with Crippen molar-refractivity contribution in [3.8, 4) is 11.3 Å². The number of nitrogens with one attached hydrogen (secondary N) is 2. The highest BCUT2D eigenvalue weighted by atomic mass is 35.5. The van der Waals surface area contributed by atoms with E-state index in [-0.39, 0.29) is 23.8 Å². The molecule has 2 aromatic rings. The van der Waals surface area contributed by atoms with Crippen molar-refractivity contribution in [1.82, 2.24) is 15.3 Å². The average molecular weight is 284 g/mol. The van der Waals surface area contributed by atoms with E-state index in [1.165, 1.54) is 12.4 Å². The van der Waals surface area contributed by atoms with Crippen LogP contribution in [0.25, 0.3) is 11.3 Å². The Kier molecular flexibility index (Phi) is 4.01. The van der Waals surface area contributed by atoms with Crippen molar-refractivity contribution in [2.24, 2.45) is 0 Å². The average Bonchev–Trinajstić information content (AvgIpc) is 2.72. The van der Waals surface area contributed by atoms with E-state index in [0.717, 1.165) is 0 Å². The maximum Gasteiger partial charge on any atom is 0.404 e. The van der Waals surface area contributed by atoms with Gasteiger partial charge in [0.25, 0.3) is 0 Å². The summed E-state index contributed by atoms with van der Waals surface area (Å²) in [5.41, 5.74) is 1.12. The third kappa shape index (κ3) is 3.03. The standard InChI is InChI=1S/C12H11ClFN3O2/c13-11-8(2-1-4-15-11)10-9(14)7(6-17-10)3-5-16-12(18)19/h1-2,4,6,16-17H,3,5H2,(H,18,19). The van der Waals surface area contributed by atoms with Crippen LogP contribution < -0.4 is 5.32 Å². The van der Waals surface area contributed by atoms with E-state index in [1.54, 1.807) is 12.1 Å². The smallest absolute Gasteiger partial charge is 0.404 e. The summed E-state index contributed by atoms with van der Waals surface area (Å²) in [7, 11) is 0. The van der Waals surface area contributed by atoms with Gasteiger partial charge in [0.1, 0.15) is 5.15 Å². The molecule has 1 amide bonds. The third-order valence-electron chi connectivity index (χ3n) is 2.59. The maximum absolute atomic E-state index is 14.1. The minimum absolute atomic E-state index is 0.143. The van der Waals surface area contributed by atoms with E-state index in [1.807, 2.05) is 0 Å². The van der Waals surface area contributed by atoms with E-state index >= 15 is 0 Å². The molecule has 19 heavy (non-hydrogen) atoms. The van der Waals surface area contributed by atoms with Gasteiger partial charge >= 0.3 is 6.09 Å². The van der Waals surface area contributed by atoms with Crippen LogP contribution in [0.15, 0.2) is 24.5 Å². The van der Waals surface area contributed by atoms with Gasteiger partial charge in [0.05, 0.1) is 5.69 Å². The molecule has 0 fully saturated rings. The quantitative estimate of drug-likeness (QED) is 0.755. The first-order valence-corrected chi connectivity index (χ1v) is 5.91. The topological polar surface area (TPSA) is 78.0 Å². The lowest BCUT2D eigenvalue weighted by atomic mass is 10.1. The second kappa shape index (κ2) is 5.71. The Balaban J connectivity index is 2.19. The van der Waals surface area contributed by atoms with Crippen LogP contribution in [0.5, 0.6) is 0 Å². The monoisotopic (exact) mass is 283 g/mol. The van der Waals surface area contributed by atoms with Crippen LogP contribution in [0.4, 0.5) is 9.18 Å². The first kappa shape index (κ1) is 13.4. The summed E-state index contributed by atoms with van der Waals surface area (Å²) in [5, 5.41) is 10.8. The molecule has 0 spiro atoms. The maximum atomic E-state index is 14.1. The highest BCUT2D eigenvalue weighted by Crippen LogP contribution is 2.28. The summed E-state index contributed by atoms with van der Waals surface area (Å²) in [5.74, 6) is -0.443. The van der Waals surface area contributed by atoms with Gasteiger partial charge in [-0.25, -0.2) is 14.2 Å². The second-order valence-corrected chi connectivity index (χ2v) is 4.18. The van der Waals surface area contributed by atoms with Crippen molar-refractivity contribution in [2.75, 3.05) is 6.54 Å². The molecule has 0 aliphatic rings. The first-order valence-electron chi connectivity index (χ1n) is 5.53. The molecule has 0 aromatic carbocycles. The molecule has 2 heterocycles. The van der Waals surface area contributed by atoms with E-state index in [9.17, 15) is 9.18 Å². The third-order valence-corrected chi connectivity index (χ3v) is 2.89. The van der Waals surface area contributed by atoms with Gasteiger partial charge in [-0.05, 0) is 18.6 Å². The number of hydrogen-bond acceptors (Lipinski definition) is 2. The fourth-order valence-corrected chi connectivity index (χ4v) is 1.91. The minimum atomic E-state index is -1.13. The van der Waals surface area contributed by atoms with Gasteiger partial charge in [0, 0.05) is 30.1 Å². The van der Waals surface area contributed by atoms with E-state index in [2.05, 4.69) is 15.3 Å². The fourth-order valence-electron chi connectivity index (χ4n) is 1.70. The molecule has 100 valence electrons. The Morgan fingerprint density at radius 1 is 1.58 bits per heavy atom. The van der Waals surface area contributed by atoms with Crippen molar-refractivity contribution in [1.29, 1.82) is 0 Å². The molecule has 2 aromatic heterocycles. The van der Waals surface area contributed by atoms with Crippen molar-refractivity contribution >= 4 is 17.7 Å². The molecule has 0 aliphatic heterocycles. The molecular weight excluding hydrogens is 273 g/mol. The van der Waals surface area contributed by atoms with Gasteiger partial charge in [-0.2, -0.15) is 0 Å². The lowest BCUT2D eigenvalue weighted by molar-refractivity contribution is 0.194. The number of nitrogens with zero attached hydrogens (tertiary/aromatic N) is 1. The molecule has 0 bridgehead atoms. The molecule has 0 saturated heterocycles. The first-order chi connectivity index (χ1) is 9.09. The predicted molar refractivity (Wildman–Crippen MR) is 68.7 cm³/mol. The molecule has 5 nitrogen and oxygen atoms in total. The lowest BCUT2D eigenvalue weighted by Crippen LogP contribution is -2.23. The van der Waals surface area contributed by atoms with Gasteiger partial charge in [0.15, 0.2) is 5.82 Å². The second-order valence-electron chi connectivity index (χ2n) is 3.83. The van der Waals surface area contributed by atoms with Crippen LogP contribution in [0.3, 0.4) is 0 Å². The molecule has 0 aliphatic carbocycles. The van der Waals surface area contributed by atoms with Crippen molar-refractivity contribution in [3.63, 3.8) is 0 Å². The normalized spacial score (nSPS) is 10.4. The highest BCUT2D eigenvalue weighted by molar-refractivity contribution is 6.32.